The maximum Gasteiger partial charge on any atom is 0.128 e. The van der Waals surface area contributed by atoms with Crippen molar-refractivity contribution in [3.05, 3.63) is 22.8 Å². The van der Waals surface area contributed by atoms with Gasteiger partial charge in [-0.15, -0.1) is 0 Å². The number of pyridine rings is 1. The average Bonchev–Trinajstić information content (AvgIpc) is 2.28. The van der Waals surface area contributed by atoms with Crippen molar-refractivity contribution in [2.45, 2.75) is 19.9 Å². The minimum atomic E-state index is -0.0232. The zero-order valence-corrected chi connectivity index (χ0v) is 11.7. The van der Waals surface area contributed by atoms with Crippen LogP contribution < -0.4 is 17.0 Å². The lowest BCUT2D eigenvalue weighted by Gasteiger charge is -2.18. The van der Waals surface area contributed by atoms with Crippen LogP contribution in [-0.4, -0.2) is 16.5 Å². The molecule has 6 heteroatoms. The molecule has 0 spiro atoms. The quantitative estimate of drug-likeness (QED) is 0.548. The van der Waals surface area contributed by atoms with Gasteiger partial charge in [-0.2, -0.15) is 11.8 Å². The summed E-state index contributed by atoms with van der Waals surface area (Å²) < 4.78 is 0. The van der Waals surface area contributed by atoms with Gasteiger partial charge < -0.3 is 5.73 Å². The molecule has 0 fully saturated rings. The van der Waals surface area contributed by atoms with Gasteiger partial charge >= 0.3 is 0 Å². The zero-order chi connectivity index (χ0) is 12.8. The number of nitrogens with two attached hydrogens (primary N) is 2. The fourth-order valence-corrected chi connectivity index (χ4v) is 2.68. The van der Waals surface area contributed by atoms with Crippen molar-refractivity contribution in [1.29, 1.82) is 0 Å². The van der Waals surface area contributed by atoms with Gasteiger partial charge in [0.15, 0.2) is 0 Å². The van der Waals surface area contributed by atoms with Crippen LogP contribution in [0.1, 0.15) is 25.5 Å². The Morgan fingerprint density at radius 2 is 2.18 bits per heavy atom. The first-order valence-corrected chi connectivity index (χ1v) is 7.02. The molecule has 1 atom stereocenters. The van der Waals surface area contributed by atoms with E-state index in [4.69, 9.17) is 23.2 Å². The number of aromatic nitrogens is 1. The Morgan fingerprint density at radius 3 is 2.76 bits per heavy atom. The van der Waals surface area contributed by atoms with Gasteiger partial charge in [0.05, 0.1) is 11.1 Å². The van der Waals surface area contributed by atoms with E-state index >= 15 is 0 Å². The number of hydrazine groups is 1. The van der Waals surface area contributed by atoms with E-state index in [0.29, 0.717) is 16.8 Å². The van der Waals surface area contributed by atoms with Gasteiger partial charge in [0.25, 0.3) is 0 Å². The molecule has 0 aromatic carbocycles. The largest absolute Gasteiger partial charge is 0.383 e. The first kappa shape index (κ1) is 14.6. The Morgan fingerprint density at radius 1 is 1.47 bits per heavy atom. The van der Waals surface area contributed by atoms with Crippen molar-refractivity contribution in [2.75, 3.05) is 17.2 Å². The molecule has 17 heavy (non-hydrogen) atoms. The Balaban J connectivity index is 2.68. The number of hydrogen-bond acceptors (Lipinski definition) is 5. The van der Waals surface area contributed by atoms with Crippen molar-refractivity contribution < 1.29 is 0 Å². The van der Waals surface area contributed by atoms with Crippen LogP contribution in [0, 0.1) is 5.92 Å². The van der Waals surface area contributed by atoms with Crippen LogP contribution >= 0.6 is 23.4 Å². The summed E-state index contributed by atoms with van der Waals surface area (Å²) in [6.45, 7) is 4.38. The maximum atomic E-state index is 5.91. The highest BCUT2D eigenvalue weighted by atomic mass is 35.5. The molecule has 5 N–H and O–H groups in total. The predicted molar refractivity (Wildman–Crippen MR) is 75.9 cm³/mol. The molecule has 0 aliphatic heterocycles. The molecule has 0 saturated carbocycles. The number of nitrogens with one attached hydrogen (secondary N) is 1. The third-order valence-electron chi connectivity index (χ3n) is 2.23. The molecule has 4 nitrogen and oxygen atoms in total. The SMILES string of the molecule is CC(C)CSCC(NN)c1cc(Cl)cnc1N. The second-order valence-corrected chi connectivity index (χ2v) is 5.79. The van der Waals surface area contributed by atoms with Gasteiger partial charge in [0.2, 0.25) is 0 Å². The molecule has 0 amide bonds. The number of rotatable bonds is 6. The van der Waals surface area contributed by atoms with E-state index in [-0.39, 0.29) is 6.04 Å². The molecule has 0 bridgehead atoms. The van der Waals surface area contributed by atoms with Crippen molar-refractivity contribution in [3.63, 3.8) is 0 Å². The summed E-state index contributed by atoms with van der Waals surface area (Å²) in [5, 5.41) is 0.573. The first-order valence-electron chi connectivity index (χ1n) is 5.49. The lowest BCUT2D eigenvalue weighted by Crippen LogP contribution is -2.30. The van der Waals surface area contributed by atoms with E-state index < -0.39 is 0 Å². The zero-order valence-electron chi connectivity index (χ0n) is 10.1. The van der Waals surface area contributed by atoms with E-state index in [1.807, 2.05) is 17.8 Å². The molecule has 1 aromatic heterocycles. The van der Waals surface area contributed by atoms with Gasteiger partial charge in [0, 0.05) is 17.5 Å². The summed E-state index contributed by atoms with van der Waals surface area (Å²) in [6, 6.07) is 1.79. The van der Waals surface area contributed by atoms with Crippen LogP contribution in [0.2, 0.25) is 5.02 Å². The van der Waals surface area contributed by atoms with Crippen molar-refractivity contribution in [1.82, 2.24) is 10.4 Å². The number of nitrogens with zero attached hydrogens (tertiary/aromatic N) is 1. The highest BCUT2D eigenvalue weighted by molar-refractivity contribution is 7.99. The van der Waals surface area contributed by atoms with Crippen LogP contribution in [0.4, 0.5) is 5.82 Å². The number of nitrogen functional groups attached to an aromatic ring is 1. The number of hydrogen-bond donors (Lipinski definition) is 3. The van der Waals surface area contributed by atoms with Gasteiger partial charge in [0.1, 0.15) is 5.82 Å². The van der Waals surface area contributed by atoms with Gasteiger partial charge in [-0.25, -0.2) is 4.98 Å². The molecular formula is C11H19ClN4S. The molecule has 1 unspecified atom stereocenters. The predicted octanol–water partition coefficient (Wildman–Crippen LogP) is 2.21. The minimum absolute atomic E-state index is 0.0232. The highest BCUT2D eigenvalue weighted by Gasteiger charge is 2.14. The normalized spacial score (nSPS) is 13.0. The van der Waals surface area contributed by atoms with E-state index in [1.54, 1.807) is 0 Å². The van der Waals surface area contributed by atoms with E-state index in [0.717, 1.165) is 17.1 Å². The fourth-order valence-electron chi connectivity index (χ4n) is 1.39. The monoisotopic (exact) mass is 274 g/mol. The third kappa shape index (κ3) is 4.71. The first-order chi connectivity index (χ1) is 8.04. The molecule has 1 rings (SSSR count). The Labute approximate surface area is 111 Å². The molecule has 96 valence electrons. The van der Waals surface area contributed by atoms with Gasteiger partial charge in [-0.1, -0.05) is 25.4 Å². The molecular weight excluding hydrogens is 256 g/mol. The van der Waals surface area contributed by atoms with Crippen molar-refractivity contribution >= 4 is 29.2 Å². The van der Waals surface area contributed by atoms with Crippen molar-refractivity contribution in [3.8, 4) is 0 Å². The molecule has 0 saturated heterocycles. The average molecular weight is 275 g/mol. The highest BCUT2D eigenvalue weighted by Crippen LogP contribution is 2.25. The van der Waals surface area contributed by atoms with Crippen molar-refractivity contribution in [2.24, 2.45) is 11.8 Å². The van der Waals surface area contributed by atoms with E-state index in [1.165, 1.54) is 6.20 Å². The maximum absolute atomic E-state index is 5.91. The Hall–Kier alpha value is -0.490. The van der Waals surface area contributed by atoms with Crippen LogP contribution in [0.5, 0.6) is 0 Å². The standard InChI is InChI=1S/C11H19ClN4S/c1-7(2)5-17-6-10(16-14)9-3-8(12)4-15-11(9)13/h3-4,7,10,16H,5-6,14H2,1-2H3,(H2,13,15). The van der Waals surface area contributed by atoms with E-state index in [9.17, 15) is 0 Å². The lowest BCUT2D eigenvalue weighted by molar-refractivity contribution is 0.609. The van der Waals surface area contributed by atoms with Crippen LogP contribution in [0.3, 0.4) is 0 Å². The van der Waals surface area contributed by atoms with E-state index in [2.05, 4.69) is 24.3 Å². The number of halogens is 1. The smallest absolute Gasteiger partial charge is 0.128 e. The second-order valence-electron chi connectivity index (χ2n) is 4.28. The molecule has 0 radical (unpaired) electrons. The summed E-state index contributed by atoms with van der Waals surface area (Å²) in [5.74, 6) is 8.62. The number of thioether (sulfide) groups is 1. The third-order valence-corrected chi connectivity index (χ3v) is 3.91. The molecule has 1 aromatic rings. The molecule has 0 aliphatic rings. The fraction of sp³-hybridized carbons (Fsp3) is 0.545. The van der Waals surface area contributed by atoms with Crippen LogP contribution in [0.25, 0.3) is 0 Å². The summed E-state index contributed by atoms with van der Waals surface area (Å²) in [6.07, 6.45) is 1.54. The topological polar surface area (TPSA) is 77.0 Å². The van der Waals surface area contributed by atoms with Gasteiger partial charge in [-0.05, 0) is 17.7 Å². The molecule has 1 heterocycles. The minimum Gasteiger partial charge on any atom is -0.383 e. The Bertz CT molecular complexity index is 359. The molecule has 0 aliphatic carbocycles. The second kappa shape index (κ2) is 7.06. The van der Waals surface area contributed by atoms with Gasteiger partial charge in [-0.3, -0.25) is 11.3 Å². The Kier molecular flexibility index (Phi) is 6.05. The summed E-state index contributed by atoms with van der Waals surface area (Å²) >= 11 is 7.74. The summed E-state index contributed by atoms with van der Waals surface area (Å²) in [4.78, 5) is 4.03. The van der Waals surface area contributed by atoms with Crippen LogP contribution in [0.15, 0.2) is 12.3 Å². The summed E-state index contributed by atoms with van der Waals surface area (Å²) in [7, 11) is 0. The number of anilines is 1. The van der Waals surface area contributed by atoms with Crippen LogP contribution in [-0.2, 0) is 0 Å². The lowest BCUT2D eigenvalue weighted by atomic mass is 10.1. The summed E-state index contributed by atoms with van der Waals surface area (Å²) in [5.41, 5.74) is 9.44.